The van der Waals surface area contributed by atoms with E-state index in [1.54, 1.807) is 0 Å². The molecule has 17 heavy (non-hydrogen) atoms. The molecule has 0 atom stereocenters. The summed E-state index contributed by atoms with van der Waals surface area (Å²) in [5, 5.41) is 11.0. The number of carboxylic acids is 1. The molecule has 0 aromatic heterocycles. The summed E-state index contributed by atoms with van der Waals surface area (Å²) in [6, 6.07) is 4.01. The second kappa shape index (κ2) is 4.00. The van der Waals surface area contributed by atoms with Gasteiger partial charge in [0.1, 0.15) is 5.54 Å². The maximum atomic E-state index is 13.5. The third-order valence-electron chi connectivity index (χ3n) is 2.71. The molecule has 2 rings (SSSR count). The molecule has 1 saturated carbocycles. The van der Waals surface area contributed by atoms with Crippen molar-refractivity contribution >= 4 is 23.5 Å². The quantitative estimate of drug-likeness (QED) is 0.868. The molecule has 0 bridgehead atoms. The van der Waals surface area contributed by atoms with Crippen LogP contribution in [0.25, 0.3) is 0 Å². The van der Waals surface area contributed by atoms with E-state index in [-0.39, 0.29) is 10.6 Å². The second-order valence-electron chi connectivity index (χ2n) is 3.94. The molecule has 6 heteroatoms. The summed E-state index contributed by atoms with van der Waals surface area (Å²) in [7, 11) is 0. The number of carbonyl (C=O) groups is 2. The third kappa shape index (κ3) is 2.10. The van der Waals surface area contributed by atoms with Crippen molar-refractivity contribution in [3.05, 3.63) is 34.6 Å². The van der Waals surface area contributed by atoms with Crippen molar-refractivity contribution in [2.75, 3.05) is 0 Å². The van der Waals surface area contributed by atoms with Gasteiger partial charge in [-0.05, 0) is 25.0 Å². The molecule has 90 valence electrons. The third-order valence-corrected chi connectivity index (χ3v) is 3.00. The zero-order valence-electron chi connectivity index (χ0n) is 8.67. The molecule has 0 aliphatic heterocycles. The number of halogens is 2. The van der Waals surface area contributed by atoms with Gasteiger partial charge in [0.05, 0.1) is 10.6 Å². The van der Waals surface area contributed by atoms with E-state index < -0.39 is 23.2 Å². The summed E-state index contributed by atoms with van der Waals surface area (Å²) in [6.45, 7) is 0. The van der Waals surface area contributed by atoms with Gasteiger partial charge in [-0.2, -0.15) is 0 Å². The van der Waals surface area contributed by atoms with Crippen LogP contribution in [0, 0.1) is 5.82 Å². The smallest absolute Gasteiger partial charge is 0.329 e. The van der Waals surface area contributed by atoms with Gasteiger partial charge in [0.2, 0.25) is 0 Å². The fourth-order valence-corrected chi connectivity index (χ4v) is 1.66. The Morgan fingerprint density at radius 2 is 2.06 bits per heavy atom. The highest BCUT2D eigenvalue weighted by atomic mass is 35.5. The van der Waals surface area contributed by atoms with Crippen molar-refractivity contribution in [3.8, 4) is 0 Å². The Hall–Kier alpha value is -1.62. The molecule has 0 saturated heterocycles. The second-order valence-corrected chi connectivity index (χ2v) is 4.35. The van der Waals surface area contributed by atoms with Gasteiger partial charge in [0.25, 0.3) is 5.91 Å². The van der Waals surface area contributed by atoms with Crippen LogP contribution in [-0.2, 0) is 4.79 Å². The molecule has 2 N–H and O–H groups in total. The molecule has 1 aromatic carbocycles. The Morgan fingerprint density at radius 1 is 1.41 bits per heavy atom. The Morgan fingerprint density at radius 3 is 2.59 bits per heavy atom. The SMILES string of the molecule is O=C(NC1(C(=O)O)CC1)c1cccc(Cl)c1F. The van der Waals surface area contributed by atoms with E-state index in [0.717, 1.165) is 0 Å². The van der Waals surface area contributed by atoms with Crippen LogP contribution in [0.1, 0.15) is 23.2 Å². The van der Waals surface area contributed by atoms with E-state index >= 15 is 0 Å². The molecular weight excluding hydrogens is 249 g/mol. The van der Waals surface area contributed by atoms with Gasteiger partial charge in [-0.15, -0.1) is 0 Å². The minimum atomic E-state index is -1.23. The summed E-state index contributed by atoms with van der Waals surface area (Å²) in [6.07, 6.45) is 0.715. The molecule has 0 heterocycles. The average molecular weight is 258 g/mol. The van der Waals surface area contributed by atoms with Crippen LogP contribution in [0.5, 0.6) is 0 Å². The molecular formula is C11H9ClFNO3. The first-order chi connectivity index (χ1) is 7.96. The number of aliphatic carboxylic acids is 1. The van der Waals surface area contributed by atoms with Crippen LogP contribution in [0.4, 0.5) is 4.39 Å². The lowest BCUT2D eigenvalue weighted by Gasteiger charge is -2.12. The van der Waals surface area contributed by atoms with Crippen molar-refractivity contribution in [2.24, 2.45) is 0 Å². The molecule has 1 aliphatic rings. The first-order valence-corrected chi connectivity index (χ1v) is 5.34. The zero-order chi connectivity index (χ0) is 12.6. The highest BCUT2D eigenvalue weighted by molar-refractivity contribution is 6.31. The Balaban J connectivity index is 2.21. The molecule has 1 aromatic rings. The molecule has 0 radical (unpaired) electrons. The Bertz CT molecular complexity index is 499. The standard InChI is InChI=1S/C11H9ClFNO3/c12-7-3-1-2-6(8(7)13)9(15)14-11(4-5-11)10(16)17/h1-3H,4-5H2,(H,14,15)(H,16,17). The van der Waals surface area contributed by atoms with E-state index in [4.69, 9.17) is 16.7 Å². The highest BCUT2D eigenvalue weighted by Gasteiger charge is 2.51. The number of nitrogens with one attached hydrogen (secondary N) is 1. The van der Waals surface area contributed by atoms with Crippen LogP contribution in [0.15, 0.2) is 18.2 Å². The van der Waals surface area contributed by atoms with Gasteiger partial charge in [0, 0.05) is 0 Å². The van der Waals surface area contributed by atoms with Gasteiger partial charge in [-0.3, -0.25) is 4.79 Å². The molecule has 1 amide bonds. The molecule has 1 fully saturated rings. The number of rotatable bonds is 3. The predicted octanol–water partition coefficient (Wildman–Crippen LogP) is 1.83. The predicted molar refractivity (Wildman–Crippen MR) is 58.5 cm³/mol. The average Bonchev–Trinajstić information content (AvgIpc) is 3.03. The van der Waals surface area contributed by atoms with Gasteiger partial charge in [-0.25, -0.2) is 9.18 Å². The van der Waals surface area contributed by atoms with Gasteiger partial charge in [0.15, 0.2) is 5.82 Å². The minimum absolute atomic E-state index is 0.169. The van der Waals surface area contributed by atoms with Crippen LogP contribution in [0.3, 0.4) is 0 Å². The van der Waals surface area contributed by atoms with E-state index in [2.05, 4.69) is 5.32 Å². The lowest BCUT2D eigenvalue weighted by molar-refractivity contribution is -0.140. The maximum absolute atomic E-state index is 13.5. The lowest BCUT2D eigenvalue weighted by Crippen LogP contribution is -2.43. The first kappa shape index (κ1) is 11.9. The van der Waals surface area contributed by atoms with Crippen molar-refractivity contribution in [1.29, 1.82) is 0 Å². The zero-order valence-corrected chi connectivity index (χ0v) is 9.42. The van der Waals surface area contributed by atoms with Crippen LogP contribution < -0.4 is 5.32 Å². The van der Waals surface area contributed by atoms with E-state index in [9.17, 15) is 14.0 Å². The number of hydrogen-bond donors (Lipinski definition) is 2. The number of benzene rings is 1. The fraction of sp³-hybridized carbons (Fsp3) is 0.273. The van der Waals surface area contributed by atoms with Crippen LogP contribution in [0.2, 0.25) is 5.02 Å². The van der Waals surface area contributed by atoms with Crippen molar-refractivity contribution in [1.82, 2.24) is 5.32 Å². The molecule has 1 aliphatic carbocycles. The van der Waals surface area contributed by atoms with Gasteiger partial charge in [-0.1, -0.05) is 17.7 Å². The first-order valence-electron chi connectivity index (χ1n) is 4.96. The molecule has 4 nitrogen and oxygen atoms in total. The summed E-state index contributed by atoms with van der Waals surface area (Å²) in [4.78, 5) is 22.6. The Kier molecular flexibility index (Phi) is 2.79. The summed E-state index contributed by atoms with van der Waals surface area (Å²) < 4.78 is 13.5. The minimum Gasteiger partial charge on any atom is -0.480 e. The van der Waals surface area contributed by atoms with Crippen molar-refractivity contribution in [2.45, 2.75) is 18.4 Å². The lowest BCUT2D eigenvalue weighted by atomic mass is 10.1. The topological polar surface area (TPSA) is 66.4 Å². The molecule has 0 unspecified atom stereocenters. The maximum Gasteiger partial charge on any atom is 0.329 e. The number of carbonyl (C=O) groups excluding carboxylic acids is 1. The van der Waals surface area contributed by atoms with Gasteiger partial charge < -0.3 is 10.4 Å². The number of amides is 1. The summed E-state index contributed by atoms with van der Waals surface area (Å²) in [5.41, 5.74) is -1.48. The van der Waals surface area contributed by atoms with E-state index in [0.29, 0.717) is 12.8 Å². The largest absolute Gasteiger partial charge is 0.480 e. The number of carboxylic acid groups (broad SMARTS) is 1. The Labute approximate surface area is 101 Å². The highest BCUT2D eigenvalue weighted by Crippen LogP contribution is 2.36. The van der Waals surface area contributed by atoms with Crippen LogP contribution >= 0.6 is 11.6 Å². The normalized spacial score (nSPS) is 16.4. The van der Waals surface area contributed by atoms with E-state index in [1.165, 1.54) is 18.2 Å². The molecule has 0 spiro atoms. The van der Waals surface area contributed by atoms with Crippen molar-refractivity contribution in [3.63, 3.8) is 0 Å². The number of hydrogen-bond acceptors (Lipinski definition) is 2. The van der Waals surface area contributed by atoms with Crippen LogP contribution in [-0.4, -0.2) is 22.5 Å². The van der Waals surface area contributed by atoms with E-state index in [1.807, 2.05) is 0 Å². The van der Waals surface area contributed by atoms with Gasteiger partial charge >= 0.3 is 5.97 Å². The summed E-state index contributed by atoms with van der Waals surface area (Å²) >= 11 is 5.54. The fourth-order valence-electron chi connectivity index (χ4n) is 1.48. The van der Waals surface area contributed by atoms with Crippen molar-refractivity contribution < 1.29 is 19.1 Å². The summed E-state index contributed by atoms with van der Waals surface area (Å²) in [5.74, 6) is -2.70. The monoisotopic (exact) mass is 257 g/mol.